The van der Waals surface area contributed by atoms with Gasteiger partial charge in [-0.3, -0.25) is 4.98 Å². The number of pyridine rings is 1. The van der Waals surface area contributed by atoms with Crippen LogP contribution in [0.15, 0.2) is 42.6 Å². The van der Waals surface area contributed by atoms with Crippen LogP contribution in [0.4, 0.5) is 8.78 Å². The predicted octanol–water partition coefficient (Wildman–Crippen LogP) is 4.80. The molecule has 4 rings (SSSR count). The Labute approximate surface area is 190 Å². The molecule has 172 valence electrons. The molecule has 0 atom stereocenters. The summed E-state index contributed by atoms with van der Waals surface area (Å²) in [6, 6.07) is 11.6. The molecular weight excluding hydrogens is 426 g/mol. The summed E-state index contributed by atoms with van der Waals surface area (Å²) in [4.78, 5) is 8.76. The second-order valence-electron chi connectivity index (χ2n) is 7.90. The van der Waals surface area contributed by atoms with Crippen molar-refractivity contribution in [1.82, 2.24) is 40.4 Å². The number of aromatic nitrogens is 8. The van der Waals surface area contributed by atoms with Crippen LogP contribution in [0.25, 0.3) is 22.5 Å². The number of H-pyrrole nitrogens is 1. The van der Waals surface area contributed by atoms with E-state index in [2.05, 4.69) is 42.6 Å². The molecule has 4 aromatic rings. The Morgan fingerprint density at radius 2 is 1.85 bits per heavy atom. The van der Waals surface area contributed by atoms with Gasteiger partial charge < -0.3 is 0 Å². The van der Waals surface area contributed by atoms with Gasteiger partial charge >= 0.3 is 5.92 Å². The van der Waals surface area contributed by atoms with Crippen molar-refractivity contribution in [2.75, 3.05) is 0 Å². The lowest BCUT2D eigenvalue weighted by Crippen LogP contribution is -2.16. The number of rotatable bonds is 10. The lowest BCUT2D eigenvalue weighted by Gasteiger charge is -2.10. The number of aromatic amines is 1. The maximum atomic E-state index is 14.4. The van der Waals surface area contributed by atoms with Crippen LogP contribution in [-0.4, -0.2) is 40.4 Å². The van der Waals surface area contributed by atoms with Gasteiger partial charge in [0.05, 0.1) is 12.2 Å². The molecule has 0 spiro atoms. The van der Waals surface area contributed by atoms with Crippen molar-refractivity contribution in [1.29, 1.82) is 0 Å². The fourth-order valence-corrected chi connectivity index (χ4v) is 3.65. The highest BCUT2D eigenvalue weighted by Crippen LogP contribution is 2.31. The molecule has 0 saturated carbocycles. The summed E-state index contributed by atoms with van der Waals surface area (Å²) in [6.07, 6.45) is 4.26. The predicted molar refractivity (Wildman–Crippen MR) is 119 cm³/mol. The maximum Gasteiger partial charge on any atom is 0.308 e. The SMILES string of the molecule is CCCCc1nc(C(F)(F)CCC)nn1Cc1ccc(-c2ccccc2-c2nnn[nH]2)cn1. The van der Waals surface area contributed by atoms with Gasteiger partial charge in [0.15, 0.2) is 5.82 Å². The standard InChI is InChI=1S/C23H26F2N8/c1-3-5-10-20-27-22(23(24,25)13-4-2)30-33(20)15-17-12-11-16(14-26-17)18-8-6-7-9-19(18)21-28-31-32-29-21/h6-9,11-12,14H,3-5,10,13,15H2,1-2H3,(H,28,29,31,32). The summed E-state index contributed by atoms with van der Waals surface area (Å²) in [7, 11) is 0. The first-order chi connectivity index (χ1) is 16.0. The Morgan fingerprint density at radius 1 is 1.03 bits per heavy atom. The van der Waals surface area contributed by atoms with Crippen molar-refractivity contribution >= 4 is 0 Å². The van der Waals surface area contributed by atoms with E-state index in [0.717, 1.165) is 29.5 Å². The molecule has 0 aliphatic rings. The molecule has 0 fully saturated rings. The maximum absolute atomic E-state index is 14.4. The van der Waals surface area contributed by atoms with E-state index in [1.165, 1.54) is 0 Å². The van der Waals surface area contributed by atoms with Crippen LogP contribution in [0.2, 0.25) is 0 Å². The van der Waals surface area contributed by atoms with E-state index in [0.29, 0.717) is 30.2 Å². The largest absolute Gasteiger partial charge is 0.308 e. The van der Waals surface area contributed by atoms with Crippen molar-refractivity contribution in [3.8, 4) is 22.5 Å². The molecule has 1 N–H and O–H groups in total. The van der Waals surface area contributed by atoms with Gasteiger partial charge in [0.25, 0.3) is 0 Å². The number of tetrazole rings is 1. The van der Waals surface area contributed by atoms with Gasteiger partial charge in [-0.2, -0.15) is 8.78 Å². The Balaban J connectivity index is 1.59. The number of alkyl halides is 2. The average molecular weight is 453 g/mol. The van der Waals surface area contributed by atoms with Gasteiger partial charge in [-0.1, -0.05) is 50.6 Å². The molecule has 0 amide bonds. The molecule has 10 heteroatoms. The van der Waals surface area contributed by atoms with Gasteiger partial charge in [0, 0.05) is 30.2 Å². The molecular formula is C23H26F2N8. The fraction of sp³-hybridized carbons (Fsp3) is 0.391. The van der Waals surface area contributed by atoms with E-state index in [4.69, 9.17) is 0 Å². The molecule has 0 unspecified atom stereocenters. The van der Waals surface area contributed by atoms with Crippen LogP contribution >= 0.6 is 0 Å². The second kappa shape index (κ2) is 9.93. The fourth-order valence-electron chi connectivity index (χ4n) is 3.65. The van der Waals surface area contributed by atoms with E-state index in [1.807, 2.05) is 36.4 Å². The van der Waals surface area contributed by atoms with Crippen molar-refractivity contribution in [2.24, 2.45) is 0 Å². The van der Waals surface area contributed by atoms with Crippen LogP contribution in [0.3, 0.4) is 0 Å². The van der Waals surface area contributed by atoms with Gasteiger partial charge in [0.2, 0.25) is 5.82 Å². The Kier molecular flexibility index (Phi) is 6.81. The summed E-state index contributed by atoms with van der Waals surface area (Å²) in [5, 5.41) is 18.2. The van der Waals surface area contributed by atoms with E-state index in [1.54, 1.807) is 17.8 Å². The smallest absolute Gasteiger partial charge is 0.259 e. The minimum Gasteiger partial charge on any atom is -0.259 e. The molecule has 3 aromatic heterocycles. The summed E-state index contributed by atoms with van der Waals surface area (Å²) in [5.74, 6) is -2.30. The molecule has 3 heterocycles. The van der Waals surface area contributed by atoms with Gasteiger partial charge in [0.1, 0.15) is 5.82 Å². The highest BCUT2D eigenvalue weighted by molar-refractivity contribution is 5.79. The van der Waals surface area contributed by atoms with E-state index in [9.17, 15) is 8.78 Å². The first-order valence-electron chi connectivity index (χ1n) is 11.1. The normalized spacial score (nSPS) is 11.8. The highest BCUT2D eigenvalue weighted by Gasteiger charge is 2.36. The number of benzene rings is 1. The molecule has 8 nitrogen and oxygen atoms in total. The lowest BCUT2D eigenvalue weighted by molar-refractivity contribution is -0.0232. The van der Waals surface area contributed by atoms with Crippen LogP contribution in [0, 0.1) is 0 Å². The molecule has 1 aromatic carbocycles. The molecule has 0 aliphatic carbocycles. The summed E-state index contributed by atoms with van der Waals surface area (Å²) in [5.41, 5.74) is 3.40. The molecule has 0 radical (unpaired) electrons. The first kappa shape index (κ1) is 22.6. The van der Waals surface area contributed by atoms with Gasteiger partial charge in [-0.25, -0.2) is 14.8 Å². The van der Waals surface area contributed by atoms with Crippen molar-refractivity contribution in [2.45, 2.75) is 58.4 Å². The number of hydrogen-bond donors (Lipinski definition) is 1. The minimum absolute atomic E-state index is 0.267. The molecule has 0 aliphatic heterocycles. The van der Waals surface area contributed by atoms with Crippen LogP contribution < -0.4 is 0 Å². The Bertz CT molecular complexity index is 1170. The highest BCUT2D eigenvalue weighted by atomic mass is 19.3. The third-order valence-electron chi connectivity index (χ3n) is 5.37. The van der Waals surface area contributed by atoms with Crippen molar-refractivity contribution in [3.63, 3.8) is 0 Å². The lowest BCUT2D eigenvalue weighted by atomic mass is 10.0. The number of nitrogens with zero attached hydrogens (tertiary/aromatic N) is 7. The van der Waals surface area contributed by atoms with Gasteiger partial charge in [-0.05, 0) is 34.9 Å². The topological polar surface area (TPSA) is 98.1 Å². The minimum atomic E-state index is -3.03. The summed E-state index contributed by atoms with van der Waals surface area (Å²) < 4.78 is 30.4. The monoisotopic (exact) mass is 452 g/mol. The van der Waals surface area contributed by atoms with Gasteiger partial charge in [-0.15, -0.1) is 10.2 Å². The number of nitrogens with one attached hydrogen (secondary N) is 1. The third kappa shape index (κ3) is 5.10. The Morgan fingerprint density at radius 3 is 2.52 bits per heavy atom. The third-order valence-corrected chi connectivity index (χ3v) is 5.37. The number of aryl methyl sites for hydroxylation is 1. The van der Waals surface area contributed by atoms with E-state index in [-0.39, 0.29) is 13.0 Å². The first-order valence-corrected chi connectivity index (χ1v) is 11.1. The zero-order valence-corrected chi connectivity index (χ0v) is 18.7. The summed E-state index contributed by atoms with van der Waals surface area (Å²) in [6.45, 7) is 4.06. The van der Waals surface area contributed by atoms with Crippen LogP contribution in [-0.2, 0) is 18.9 Å². The van der Waals surface area contributed by atoms with Crippen LogP contribution in [0.1, 0.15) is 56.9 Å². The summed E-state index contributed by atoms with van der Waals surface area (Å²) >= 11 is 0. The Hall–Kier alpha value is -3.56. The van der Waals surface area contributed by atoms with E-state index >= 15 is 0 Å². The van der Waals surface area contributed by atoms with Crippen molar-refractivity contribution < 1.29 is 8.78 Å². The number of halogens is 2. The van der Waals surface area contributed by atoms with Crippen LogP contribution in [0.5, 0.6) is 0 Å². The van der Waals surface area contributed by atoms with Crippen molar-refractivity contribution in [3.05, 3.63) is 59.9 Å². The second-order valence-corrected chi connectivity index (χ2v) is 7.90. The molecule has 33 heavy (non-hydrogen) atoms. The molecule has 0 saturated heterocycles. The van der Waals surface area contributed by atoms with E-state index < -0.39 is 11.7 Å². The molecule has 0 bridgehead atoms. The number of unbranched alkanes of at least 4 members (excludes halogenated alkanes) is 1. The number of hydrogen-bond acceptors (Lipinski definition) is 6. The average Bonchev–Trinajstić information content (AvgIpc) is 3.49. The quantitative estimate of drug-likeness (QED) is 0.371. The zero-order chi connectivity index (χ0) is 23.3. The zero-order valence-electron chi connectivity index (χ0n) is 18.7.